The molecule has 1 atom stereocenters. The summed E-state index contributed by atoms with van der Waals surface area (Å²) in [6, 6.07) is 15.9. The van der Waals surface area contributed by atoms with Crippen LogP contribution in [-0.4, -0.2) is 35.5 Å². The Balaban J connectivity index is 1.16. The fraction of sp³-hybridized carbons (Fsp3) is 0.407. The third-order valence-electron chi connectivity index (χ3n) is 6.60. The molecule has 5 rings (SSSR count). The van der Waals surface area contributed by atoms with Crippen LogP contribution in [0.1, 0.15) is 48.6 Å². The van der Waals surface area contributed by atoms with Crippen molar-refractivity contribution in [3.05, 3.63) is 81.9 Å². The highest BCUT2D eigenvalue weighted by atomic mass is 32.2. The molecular weight excluding hydrogens is 430 g/mol. The third kappa shape index (κ3) is 4.96. The lowest BCUT2D eigenvalue weighted by molar-refractivity contribution is 0.315. The number of rotatable bonds is 7. The summed E-state index contributed by atoms with van der Waals surface area (Å²) in [5.41, 5.74) is 6.98. The molecular formula is C27H33N3S2. The van der Waals surface area contributed by atoms with Crippen LogP contribution in [0.2, 0.25) is 0 Å². The molecule has 1 saturated heterocycles. The Hall–Kier alpha value is -1.66. The minimum atomic E-state index is 0.449. The molecule has 168 valence electrons. The highest BCUT2D eigenvalue weighted by Crippen LogP contribution is 2.45. The zero-order chi connectivity index (χ0) is 21.9. The molecule has 0 bridgehead atoms. The van der Waals surface area contributed by atoms with Gasteiger partial charge >= 0.3 is 0 Å². The zero-order valence-electron chi connectivity index (χ0n) is 19.1. The van der Waals surface area contributed by atoms with Crippen LogP contribution in [0.25, 0.3) is 0 Å². The van der Waals surface area contributed by atoms with Gasteiger partial charge in [-0.05, 0) is 61.4 Å². The SMILES string of the molecule is CCc1ccccc1CCN1CCN(SC(C)c2ccc3c(c2)NC2=CCCC=C2S3)C1. The molecule has 1 fully saturated rings. The number of hydrogen-bond acceptors (Lipinski definition) is 5. The van der Waals surface area contributed by atoms with Gasteiger partial charge in [-0.3, -0.25) is 4.90 Å². The first-order chi connectivity index (χ1) is 15.7. The predicted octanol–water partition coefficient (Wildman–Crippen LogP) is 6.86. The summed E-state index contributed by atoms with van der Waals surface area (Å²) < 4.78 is 2.54. The van der Waals surface area contributed by atoms with Crippen molar-refractivity contribution in [2.75, 3.05) is 31.6 Å². The summed E-state index contributed by atoms with van der Waals surface area (Å²) in [5, 5.41) is 4.13. The fourth-order valence-electron chi connectivity index (χ4n) is 4.71. The molecule has 32 heavy (non-hydrogen) atoms. The minimum absolute atomic E-state index is 0.449. The molecule has 2 aromatic rings. The van der Waals surface area contributed by atoms with E-state index >= 15 is 0 Å². The predicted molar refractivity (Wildman–Crippen MR) is 140 cm³/mol. The number of aryl methyl sites for hydroxylation is 1. The van der Waals surface area contributed by atoms with E-state index in [0.29, 0.717) is 5.25 Å². The lowest BCUT2D eigenvalue weighted by Crippen LogP contribution is -2.25. The van der Waals surface area contributed by atoms with E-state index in [1.165, 1.54) is 44.4 Å². The third-order valence-corrected chi connectivity index (χ3v) is 8.97. The average molecular weight is 464 g/mol. The van der Waals surface area contributed by atoms with Crippen LogP contribution in [0, 0.1) is 0 Å². The summed E-state index contributed by atoms with van der Waals surface area (Å²) in [4.78, 5) is 5.33. The molecule has 0 radical (unpaired) electrons. The number of allylic oxidation sites excluding steroid dienone is 2. The highest BCUT2D eigenvalue weighted by Gasteiger charge is 2.24. The average Bonchev–Trinajstić information content (AvgIpc) is 3.28. The summed E-state index contributed by atoms with van der Waals surface area (Å²) in [6.07, 6.45) is 9.28. The zero-order valence-corrected chi connectivity index (χ0v) is 20.8. The van der Waals surface area contributed by atoms with Crippen molar-refractivity contribution in [1.82, 2.24) is 9.21 Å². The van der Waals surface area contributed by atoms with E-state index in [4.69, 9.17) is 0 Å². The molecule has 3 aliphatic rings. The normalized spacial score (nSPS) is 19.6. The quantitative estimate of drug-likeness (QED) is 0.451. The molecule has 2 aromatic carbocycles. The van der Waals surface area contributed by atoms with Gasteiger partial charge in [0.2, 0.25) is 0 Å². The van der Waals surface area contributed by atoms with Crippen molar-refractivity contribution in [2.24, 2.45) is 0 Å². The second-order valence-corrected chi connectivity index (χ2v) is 11.3. The number of nitrogens with zero attached hydrogens (tertiary/aromatic N) is 2. The second kappa shape index (κ2) is 10.1. The Morgan fingerprint density at radius 1 is 1.06 bits per heavy atom. The van der Waals surface area contributed by atoms with Gasteiger partial charge in [-0.25, -0.2) is 4.31 Å². The Labute approximate surface area is 201 Å². The molecule has 1 aliphatic carbocycles. The van der Waals surface area contributed by atoms with Crippen LogP contribution < -0.4 is 5.32 Å². The molecule has 0 saturated carbocycles. The Kier molecular flexibility index (Phi) is 6.98. The van der Waals surface area contributed by atoms with E-state index in [1.807, 2.05) is 23.7 Å². The number of benzene rings is 2. The number of fused-ring (bicyclic) bond motifs is 2. The maximum atomic E-state index is 3.68. The number of anilines is 1. The Bertz CT molecular complexity index is 1030. The molecule has 5 heteroatoms. The summed E-state index contributed by atoms with van der Waals surface area (Å²) in [5.74, 6) is 0. The van der Waals surface area contributed by atoms with E-state index in [0.717, 1.165) is 45.4 Å². The lowest BCUT2D eigenvalue weighted by Gasteiger charge is -2.27. The van der Waals surface area contributed by atoms with Crippen LogP contribution in [0.3, 0.4) is 0 Å². The van der Waals surface area contributed by atoms with E-state index in [1.54, 1.807) is 0 Å². The summed E-state index contributed by atoms with van der Waals surface area (Å²) in [6.45, 7) is 9.11. The van der Waals surface area contributed by atoms with Crippen LogP contribution in [-0.2, 0) is 12.8 Å². The molecule has 2 aliphatic heterocycles. The summed E-state index contributed by atoms with van der Waals surface area (Å²) in [7, 11) is 0. The largest absolute Gasteiger partial charge is 0.354 e. The first kappa shape index (κ1) is 22.1. The first-order valence-corrected chi connectivity index (χ1v) is 13.6. The van der Waals surface area contributed by atoms with Gasteiger partial charge in [0.1, 0.15) is 0 Å². The molecule has 3 nitrogen and oxygen atoms in total. The van der Waals surface area contributed by atoms with Crippen molar-refractivity contribution in [3.8, 4) is 0 Å². The van der Waals surface area contributed by atoms with Crippen molar-refractivity contribution >= 4 is 29.4 Å². The van der Waals surface area contributed by atoms with Gasteiger partial charge in [0, 0.05) is 40.4 Å². The number of thioether (sulfide) groups is 1. The maximum absolute atomic E-state index is 3.68. The Morgan fingerprint density at radius 3 is 2.78 bits per heavy atom. The minimum Gasteiger partial charge on any atom is -0.354 e. The van der Waals surface area contributed by atoms with Gasteiger partial charge < -0.3 is 5.32 Å². The second-order valence-electron chi connectivity index (χ2n) is 8.83. The molecule has 1 unspecified atom stereocenters. The molecule has 0 spiro atoms. The first-order valence-electron chi connectivity index (χ1n) is 11.9. The highest BCUT2D eigenvalue weighted by molar-refractivity contribution is 8.03. The van der Waals surface area contributed by atoms with Crippen LogP contribution >= 0.6 is 23.7 Å². The Morgan fingerprint density at radius 2 is 1.91 bits per heavy atom. The van der Waals surface area contributed by atoms with Gasteiger partial charge in [-0.15, -0.1) is 0 Å². The van der Waals surface area contributed by atoms with Crippen molar-refractivity contribution in [1.29, 1.82) is 0 Å². The number of hydrogen-bond donors (Lipinski definition) is 1. The van der Waals surface area contributed by atoms with Gasteiger partial charge in [0.15, 0.2) is 0 Å². The van der Waals surface area contributed by atoms with Gasteiger partial charge in [-0.2, -0.15) is 0 Å². The van der Waals surface area contributed by atoms with Crippen molar-refractivity contribution in [3.63, 3.8) is 0 Å². The maximum Gasteiger partial charge on any atom is 0.0607 e. The molecule has 0 amide bonds. The van der Waals surface area contributed by atoms with Crippen LogP contribution in [0.15, 0.2) is 70.1 Å². The standard InChI is InChI=1S/C27H33N3S2/c1-3-21-8-4-5-9-22(21)14-15-29-16-17-30(19-29)32-20(2)23-12-13-27-25(18-23)28-24-10-6-7-11-26(24)31-27/h4-5,8-13,18,20,28H,3,6-7,14-17,19H2,1-2H3. The smallest absolute Gasteiger partial charge is 0.0607 e. The van der Waals surface area contributed by atoms with E-state index in [-0.39, 0.29) is 0 Å². The van der Waals surface area contributed by atoms with E-state index < -0.39 is 0 Å². The monoisotopic (exact) mass is 463 g/mol. The number of nitrogens with one attached hydrogen (secondary N) is 1. The lowest BCUT2D eigenvalue weighted by atomic mass is 10.0. The van der Waals surface area contributed by atoms with Crippen molar-refractivity contribution in [2.45, 2.75) is 49.7 Å². The van der Waals surface area contributed by atoms with Gasteiger partial charge in [0.05, 0.1) is 12.4 Å². The summed E-state index contributed by atoms with van der Waals surface area (Å²) >= 11 is 3.91. The van der Waals surface area contributed by atoms with Gasteiger partial charge in [0.25, 0.3) is 0 Å². The van der Waals surface area contributed by atoms with Crippen LogP contribution in [0.4, 0.5) is 5.69 Å². The van der Waals surface area contributed by atoms with E-state index in [9.17, 15) is 0 Å². The molecule has 1 N–H and O–H groups in total. The topological polar surface area (TPSA) is 18.5 Å². The molecule has 2 heterocycles. The van der Waals surface area contributed by atoms with Crippen molar-refractivity contribution < 1.29 is 0 Å². The molecule has 0 aromatic heterocycles. The van der Waals surface area contributed by atoms with Crippen LogP contribution in [0.5, 0.6) is 0 Å². The fourth-order valence-corrected chi connectivity index (χ4v) is 6.88. The van der Waals surface area contributed by atoms with Gasteiger partial charge in [-0.1, -0.05) is 73.1 Å². The van der Waals surface area contributed by atoms with E-state index in [2.05, 4.69) is 83.0 Å².